The number of aliphatic imine (C=N–C) groups is 1. The Morgan fingerprint density at radius 2 is 1.93 bits per heavy atom. The van der Waals surface area contributed by atoms with Gasteiger partial charge in [0, 0.05) is 18.7 Å². The summed E-state index contributed by atoms with van der Waals surface area (Å²) in [5, 5.41) is 3.48. The number of sulfonamides is 1. The van der Waals surface area contributed by atoms with Crippen molar-refractivity contribution in [1.29, 1.82) is 0 Å². The topological polar surface area (TPSA) is 87.6 Å². The largest absolute Gasteiger partial charge is 0.326 e. The van der Waals surface area contributed by atoms with Crippen molar-refractivity contribution in [2.45, 2.75) is 24.2 Å². The van der Waals surface area contributed by atoms with Gasteiger partial charge in [0.15, 0.2) is 0 Å². The summed E-state index contributed by atoms with van der Waals surface area (Å²) in [6.07, 6.45) is 1.53. The van der Waals surface area contributed by atoms with Crippen molar-refractivity contribution in [3.8, 4) is 0 Å². The van der Waals surface area contributed by atoms with Gasteiger partial charge in [-0.1, -0.05) is 35.3 Å². The molecule has 1 heterocycles. The molecule has 1 aliphatic rings. The Kier molecular flexibility index (Phi) is 6.04. The van der Waals surface area contributed by atoms with Crippen LogP contribution in [0.15, 0.2) is 52.4 Å². The minimum absolute atomic E-state index is 0.0597. The van der Waals surface area contributed by atoms with Gasteiger partial charge in [-0.25, -0.2) is 8.42 Å². The highest BCUT2D eigenvalue weighted by molar-refractivity contribution is 7.90. The van der Waals surface area contributed by atoms with E-state index in [1.807, 2.05) is 0 Å². The number of rotatable bonds is 5. The number of benzene rings is 2. The van der Waals surface area contributed by atoms with Gasteiger partial charge in [0.25, 0.3) is 10.0 Å². The number of nitrogens with one attached hydrogen (secondary N) is 2. The van der Waals surface area contributed by atoms with Gasteiger partial charge in [-0.15, -0.1) is 0 Å². The van der Waals surface area contributed by atoms with Crippen molar-refractivity contribution in [2.75, 3.05) is 11.9 Å². The summed E-state index contributed by atoms with van der Waals surface area (Å²) >= 11 is 11.8. The Morgan fingerprint density at radius 3 is 2.63 bits per heavy atom. The molecule has 9 heteroatoms. The van der Waals surface area contributed by atoms with Gasteiger partial charge < -0.3 is 5.32 Å². The molecule has 2 N–H and O–H groups in total. The van der Waals surface area contributed by atoms with E-state index >= 15 is 0 Å². The number of halogens is 2. The first-order valence-electron chi connectivity index (χ1n) is 8.23. The molecule has 0 aromatic heterocycles. The lowest BCUT2D eigenvalue weighted by molar-refractivity contribution is -0.115. The Balaban J connectivity index is 1.69. The predicted octanol–water partition coefficient (Wildman–Crippen LogP) is 3.65. The van der Waals surface area contributed by atoms with E-state index in [9.17, 15) is 13.2 Å². The van der Waals surface area contributed by atoms with Gasteiger partial charge >= 0.3 is 0 Å². The molecule has 0 saturated heterocycles. The molecule has 2 aromatic carbocycles. The van der Waals surface area contributed by atoms with Crippen LogP contribution in [0.1, 0.15) is 18.4 Å². The minimum atomic E-state index is -3.74. The Labute approximate surface area is 167 Å². The lowest BCUT2D eigenvalue weighted by Gasteiger charge is -2.10. The average Bonchev–Trinajstić information content (AvgIpc) is 3.10. The molecule has 0 fully saturated rings. The molecule has 27 heavy (non-hydrogen) atoms. The van der Waals surface area contributed by atoms with Gasteiger partial charge in [0.1, 0.15) is 5.84 Å². The van der Waals surface area contributed by atoms with Crippen molar-refractivity contribution in [2.24, 2.45) is 4.99 Å². The molecule has 0 aliphatic carbocycles. The third-order valence-electron chi connectivity index (χ3n) is 3.90. The Morgan fingerprint density at radius 1 is 1.11 bits per heavy atom. The van der Waals surface area contributed by atoms with Crippen LogP contribution in [0.3, 0.4) is 0 Å². The molecule has 0 radical (unpaired) electrons. The highest BCUT2D eigenvalue weighted by Crippen LogP contribution is 2.23. The van der Waals surface area contributed by atoms with Crippen LogP contribution in [-0.4, -0.2) is 26.7 Å². The number of amidine groups is 1. The summed E-state index contributed by atoms with van der Waals surface area (Å²) in [4.78, 5) is 16.4. The fraction of sp³-hybridized carbons (Fsp3) is 0.222. The van der Waals surface area contributed by atoms with E-state index in [0.29, 0.717) is 40.1 Å². The molecule has 142 valence electrons. The highest BCUT2D eigenvalue weighted by Gasteiger charge is 2.18. The standard InChI is InChI=1S/C18H17Cl2N3O3S/c19-15-7-6-12(9-16(15)20)10-18(24)22-13-3-1-4-14(11-13)27(25,26)23-17-5-2-8-21-17/h1,3-4,6-7,9,11H,2,5,8,10H2,(H,21,23)(H,22,24). The van der Waals surface area contributed by atoms with Crippen molar-refractivity contribution in [1.82, 2.24) is 4.72 Å². The van der Waals surface area contributed by atoms with E-state index in [0.717, 1.165) is 6.42 Å². The van der Waals surface area contributed by atoms with Gasteiger partial charge in [-0.3, -0.25) is 14.5 Å². The Hall–Kier alpha value is -2.09. The first-order chi connectivity index (χ1) is 12.8. The second-order valence-electron chi connectivity index (χ2n) is 6.04. The van der Waals surface area contributed by atoms with Crippen LogP contribution in [-0.2, 0) is 21.2 Å². The molecule has 6 nitrogen and oxygen atoms in total. The van der Waals surface area contributed by atoms with E-state index in [1.54, 1.807) is 30.3 Å². The number of carbonyl (C=O) groups excluding carboxylic acids is 1. The normalized spacial score (nSPS) is 13.9. The smallest absolute Gasteiger partial charge is 0.262 e. The molecule has 3 rings (SSSR count). The summed E-state index contributed by atoms with van der Waals surface area (Å²) in [7, 11) is -3.74. The van der Waals surface area contributed by atoms with Gasteiger partial charge in [-0.2, -0.15) is 0 Å². The fourth-order valence-corrected chi connectivity index (χ4v) is 4.07. The van der Waals surface area contributed by atoms with Crippen LogP contribution >= 0.6 is 23.2 Å². The second kappa shape index (κ2) is 8.29. The van der Waals surface area contributed by atoms with Gasteiger partial charge in [0.05, 0.1) is 21.4 Å². The first kappa shape index (κ1) is 19.7. The molecule has 0 bridgehead atoms. The molecule has 1 aliphatic heterocycles. The fourth-order valence-electron chi connectivity index (χ4n) is 2.62. The molecule has 0 unspecified atom stereocenters. The number of hydrogen-bond acceptors (Lipinski definition) is 4. The Bertz CT molecular complexity index is 1010. The van der Waals surface area contributed by atoms with E-state index < -0.39 is 10.0 Å². The van der Waals surface area contributed by atoms with Crippen LogP contribution in [0.2, 0.25) is 10.0 Å². The molecular weight excluding hydrogens is 409 g/mol. The van der Waals surface area contributed by atoms with E-state index in [1.165, 1.54) is 12.1 Å². The monoisotopic (exact) mass is 425 g/mol. The van der Waals surface area contributed by atoms with E-state index in [-0.39, 0.29) is 17.2 Å². The maximum Gasteiger partial charge on any atom is 0.262 e. The van der Waals surface area contributed by atoms with Crippen LogP contribution in [0.4, 0.5) is 5.69 Å². The van der Waals surface area contributed by atoms with Crippen molar-refractivity contribution >= 4 is 50.7 Å². The number of hydrogen-bond donors (Lipinski definition) is 2. The molecule has 1 amide bonds. The molecule has 0 atom stereocenters. The SMILES string of the molecule is O=C(Cc1ccc(Cl)c(Cl)c1)Nc1cccc(S(=O)(=O)NC2=NCCC2)c1. The van der Waals surface area contributed by atoms with Crippen LogP contribution in [0.25, 0.3) is 0 Å². The zero-order valence-electron chi connectivity index (χ0n) is 14.2. The number of amides is 1. The second-order valence-corrected chi connectivity index (χ2v) is 8.54. The molecule has 0 saturated carbocycles. The number of carbonyl (C=O) groups is 1. The highest BCUT2D eigenvalue weighted by atomic mass is 35.5. The predicted molar refractivity (Wildman–Crippen MR) is 107 cm³/mol. The zero-order valence-corrected chi connectivity index (χ0v) is 16.5. The summed E-state index contributed by atoms with van der Waals surface area (Å²) < 4.78 is 27.4. The molecular formula is C18H17Cl2N3O3S. The maximum absolute atomic E-state index is 12.5. The summed E-state index contributed by atoms with van der Waals surface area (Å²) in [5.41, 5.74) is 1.09. The van der Waals surface area contributed by atoms with Crippen LogP contribution < -0.4 is 10.0 Å². The average molecular weight is 426 g/mol. The van der Waals surface area contributed by atoms with Crippen molar-refractivity contribution in [3.05, 3.63) is 58.1 Å². The molecule has 2 aromatic rings. The number of nitrogens with zero attached hydrogens (tertiary/aromatic N) is 1. The quantitative estimate of drug-likeness (QED) is 0.765. The number of anilines is 1. The third-order valence-corrected chi connectivity index (χ3v) is 6.02. The minimum Gasteiger partial charge on any atom is -0.326 e. The lowest BCUT2D eigenvalue weighted by atomic mass is 10.1. The van der Waals surface area contributed by atoms with E-state index in [4.69, 9.17) is 23.2 Å². The van der Waals surface area contributed by atoms with Crippen molar-refractivity contribution < 1.29 is 13.2 Å². The van der Waals surface area contributed by atoms with Crippen LogP contribution in [0.5, 0.6) is 0 Å². The van der Waals surface area contributed by atoms with E-state index in [2.05, 4.69) is 15.0 Å². The molecule has 0 spiro atoms. The first-order valence-corrected chi connectivity index (χ1v) is 10.5. The lowest BCUT2D eigenvalue weighted by Crippen LogP contribution is -2.29. The summed E-state index contributed by atoms with van der Waals surface area (Å²) in [6, 6.07) is 11.0. The summed E-state index contributed by atoms with van der Waals surface area (Å²) in [5.74, 6) is 0.167. The van der Waals surface area contributed by atoms with Gasteiger partial charge in [0.2, 0.25) is 5.91 Å². The van der Waals surface area contributed by atoms with Crippen LogP contribution in [0, 0.1) is 0 Å². The maximum atomic E-state index is 12.5. The van der Waals surface area contributed by atoms with Crippen molar-refractivity contribution in [3.63, 3.8) is 0 Å². The third kappa shape index (κ3) is 5.22. The zero-order chi connectivity index (χ0) is 19.4. The summed E-state index contributed by atoms with van der Waals surface area (Å²) in [6.45, 7) is 0.628. The van der Waals surface area contributed by atoms with Gasteiger partial charge in [-0.05, 0) is 42.3 Å².